The minimum absolute atomic E-state index is 0.0552. The summed E-state index contributed by atoms with van der Waals surface area (Å²) in [4.78, 5) is 10.6. The molecule has 0 aliphatic rings. The Morgan fingerprint density at radius 1 is 1.38 bits per heavy atom. The number of nitrogens with one attached hydrogen (secondary N) is 2. The molecule has 3 nitrogen and oxygen atoms in total. The Labute approximate surface area is 95.0 Å². The van der Waals surface area contributed by atoms with Crippen LogP contribution in [0.4, 0.5) is 4.39 Å². The van der Waals surface area contributed by atoms with E-state index in [1.54, 1.807) is 12.1 Å². The quantitative estimate of drug-likeness (QED) is 0.746. The molecule has 16 heavy (non-hydrogen) atoms. The van der Waals surface area contributed by atoms with Crippen molar-refractivity contribution in [1.82, 2.24) is 10.6 Å². The fourth-order valence-electron chi connectivity index (χ4n) is 1.46. The molecule has 0 bridgehead atoms. The first-order valence-corrected chi connectivity index (χ1v) is 5.33. The van der Waals surface area contributed by atoms with Gasteiger partial charge in [-0.15, -0.1) is 0 Å². The number of benzene rings is 1. The highest BCUT2D eigenvalue weighted by Crippen LogP contribution is 2.15. The van der Waals surface area contributed by atoms with Crippen molar-refractivity contribution in [2.75, 3.05) is 13.1 Å². The minimum Gasteiger partial charge on any atom is -0.355 e. The van der Waals surface area contributed by atoms with Gasteiger partial charge in [0.05, 0.1) is 0 Å². The van der Waals surface area contributed by atoms with E-state index in [0.29, 0.717) is 18.7 Å². The van der Waals surface area contributed by atoms with Gasteiger partial charge in [-0.1, -0.05) is 18.2 Å². The smallest absolute Gasteiger partial charge is 0.216 e. The summed E-state index contributed by atoms with van der Waals surface area (Å²) in [6, 6.07) is 6.62. The van der Waals surface area contributed by atoms with Crippen LogP contribution in [0.25, 0.3) is 0 Å². The van der Waals surface area contributed by atoms with Crippen LogP contribution in [0.2, 0.25) is 0 Å². The average Bonchev–Trinajstić information content (AvgIpc) is 2.24. The van der Waals surface area contributed by atoms with Gasteiger partial charge in [0.1, 0.15) is 5.82 Å². The Hall–Kier alpha value is -1.42. The molecule has 0 unspecified atom stereocenters. The molecule has 2 N–H and O–H groups in total. The second-order valence-electron chi connectivity index (χ2n) is 3.68. The van der Waals surface area contributed by atoms with E-state index in [1.807, 2.05) is 13.0 Å². The Morgan fingerprint density at radius 2 is 2.06 bits per heavy atom. The number of carbonyl (C=O) groups is 1. The van der Waals surface area contributed by atoms with Gasteiger partial charge in [0.2, 0.25) is 5.91 Å². The molecule has 0 aromatic heterocycles. The van der Waals surface area contributed by atoms with Crippen LogP contribution in [-0.2, 0) is 4.79 Å². The number of amides is 1. The van der Waals surface area contributed by atoms with E-state index < -0.39 is 0 Å². The van der Waals surface area contributed by atoms with Crippen molar-refractivity contribution in [3.8, 4) is 0 Å². The molecule has 1 aromatic carbocycles. The molecule has 0 aliphatic heterocycles. The van der Waals surface area contributed by atoms with Gasteiger partial charge in [0.25, 0.3) is 0 Å². The summed E-state index contributed by atoms with van der Waals surface area (Å²) in [6.07, 6.45) is 0. The summed E-state index contributed by atoms with van der Waals surface area (Å²) < 4.78 is 13.4. The largest absolute Gasteiger partial charge is 0.355 e. The maximum atomic E-state index is 13.4. The topological polar surface area (TPSA) is 41.1 Å². The predicted molar refractivity (Wildman–Crippen MR) is 61.5 cm³/mol. The zero-order valence-corrected chi connectivity index (χ0v) is 9.59. The van der Waals surface area contributed by atoms with Crippen molar-refractivity contribution in [2.24, 2.45) is 0 Å². The standard InChI is InChI=1S/C12H17FN2O/c1-9(14-7-8-15-10(2)16)11-5-3-4-6-12(11)13/h3-6,9,14H,7-8H2,1-2H3,(H,15,16)/t9-/m1/s1. The van der Waals surface area contributed by atoms with Crippen molar-refractivity contribution in [1.29, 1.82) is 0 Å². The second kappa shape index (κ2) is 6.23. The van der Waals surface area contributed by atoms with E-state index in [2.05, 4.69) is 10.6 Å². The summed E-state index contributed by atoms with van der Waals surface area (Å²) in [5.41, 5.74) is 0.644. The number of hydrogen-bond donors (Lipinski definition) is 2. The van der Waals surface area contributed by atoms with Crippen LogP contribution in [-0.4, -0.2) is 19.0 Å². The zero-order valence-electron chi connectivity index (χ0n) is 9.59. The van der Waals surface area contributed by atoms with Crippen molar-refractivity contribution in [2.45, 2.75) is 19.9 Å². The summed E-state index contributed by atoms with van der Waals surface area (Å²) >= 11 is 0. The fourth-order valence-corrected chi connectivity index (χ4v) is 1.46. The Morgan fingerprint density at radius 3 is 2.69 bits per heavy atom. The Kier molecular flexibility index (Phi) is 4.92. The summed E-state index contributed by atoms with van der Waals surface area (Å²) in [7, 11) is 0. The second-order valence-corrected chi connectivity index (χ2v) is 3.68. The lowest BCUT2D eigenvalue weighted by Crippen LogP contribution is -2.31. The average molecular weight is 224 g/mol. The van der Waals surface area contributed by atoms with Crippen LogP contribution in [0, 0.1) is 5.82 Å². The molecule has 0 spiro atoms. The first kappa shape index (κ1) is 12.6. The lowest BCUT2D eigenvalue weighted by atomic mass is 10.1. The first-order chi connectivity index (χ1) is 7.61. The number of rotatable bonds is 5. The van der Waals surface area contributed by atoms with Crippen LogP contribution < -0.4 is 10.6 Å². The van der Waals surface area contributed by atoms with Gasteiger partial charge in [0.15, 0.2) is 0 Å². The molecule has 1 aromatic rings. The fraction of sp³-hybridized carbons (Fsp3) is 0.417. The molecule has 0 heterocycles. The Bertz CT molecular complexity index is 355. The van der Waals surface area contributed by atoms with Crippen LogP contribution in [0.5, 0.6) is 0 Å². The zero-order chi connectivity index (χ0) is 12.0. The summed E-state index contributed by atoms with van der Waals surface area (Å²) in [5, 5.41) is 5.81. The van der Waals surface area contributed by atoms with Gasteiger partial charge in [-0.2, -0.15) is 0 Å². The highest BCUT2D eigenvalue weighted by Gasteiger charge is 2.08. The van der Waals surface area contributed by atoms with E-state index in [4.69, 9.17) is 0 Å². The van der Waals surface area contributed by atoms with Gasteiger partial charge in [-0.05, 0) is 13.0 Å². The van der Waals surface area contributed by atoms with Crippen LogP contribution in [0.1, 0.15) is 25.5 Å². The third-order valence-corrected chi connectivity index (χ3v) is 2.32. The molecular formula is C12H17FN2O. The van der Waals surface area contributed by atoms with Gasteiger partial charge in [-0.25, -0.2) is 4.39 Å². The van der Waals surface area contributed by atoms with Gasteiger partial charge in [-0.3, -0.25) is 4.79 Å². The van der Waals surface area contributed by atoms with Gasteiger partial charge >= 0.3 is 0 Å². The highest BCUT2D eigenvalue weighted by atomic mass is 19.1. The molecule has 0 fully saturated rings. The van der Waals surface area contributed by atoms with Crippen molar-refractivity contribution in [3.05, 3.63) is 35.6 Å². The minimum atomic E-state index is -0.206. The third kappa shape index (κ3) is 3.98. The molecule has 0 saturated carbocycles. The maximum Gasteiger partial charge on any atom is 0.216 e. The summed E-state index contributed by atoms with van der Waals surface area (Å²) in [6.45, 7) is 4.54. The van der Waals surface area contributed by atoms with Crippen LogP contribution in [0.3, 0.4) is 0 Å². The third-order valence-electron chi connectivity index (χ3n) is 2.32. The van der Waals surface area contributed by atoms with Gasteiger partial charge in [0, 0.05) is 31.6 Å². The molecule has 1 rings (SSSR count). The molecule has 88 valence electrons. The number of carbonyl (C=O) groups excluding carboxylic acids is 1. The maximum absolute atomic E-state index is 13.4. The molecule has 4 heteroatoms. The van der Waals surface area contributed by atoms with Gasteiger partial charge < -0.3 is 10.6 Å². The molecule has 0 radical (unpaired) electrons. The first-order valence-electron chi connectivity index (χ1n) is 5.33. The van der Waals surface area contributed by atoms with E-state index in [9.17, 15) is 9.18 Å². The lowest BCUT2D eigenvalue weighted by molar-refractivity contribution is -0.118. The SMILES string of the molecule is CC(=O)NCCN[C@H](C)c1ccccc1F. The van der Waals surface area contributed by atoms with Crippen molar-refractivity contribution >= 4 is 5.91 Å². The number of halogens is 1. The monoisotopic (exact) mass is 224 g/mol. The molecule has 0 saturated heterocycles. The number of hydrogen-bond acceptors (Lipinski definition) is 2. The lowest BCUT2D eigenvalue weighted by Gasteiger charge is -2.14. The van der Waals surface area contributed by atoms with E-state index in [1.165, 1.54) is 13.0 Å². The molecule has 0 aliphatic carbocycles. The van der Waals surface area contributed by atoms with Crippen molar-refractivity contribution in [3.63, 3.8) is 0 Å². The Balaban J connectivity index is 2.38. The van der Waals surface area contributed by atoms with Crippen molar-refractivity contribution < 1.29 is 9.18 Å². The predicted octanol–water partition coefficient (Wildman–Crippen LogP) is 1.61. The van der Waals surface area contributed by atoms with E-state index in [-0.39, 0.29) is 17.8 Å². The molecule has 1 amide bonds. The molecular weight excluding hydrogens is 207 g/mol. The highest BCUT2D eigenvalue weighted by molar-refractivity contribution is 5.72. The van der Waals surface area contributed by atoms with E-state index in [0.717, 1.165) is 0 Å². The van der Waals surface area contributed by atoms with Crippen LogP contribution >= 0.6 is 0 Å². The van der Waals surface area contributed by atoms with E-state index >= 15 is 0 Å². The summed E-state index contributed by atoms with van der Waals surface area (Å²) in [5.74, 6) is -0.262. The van der Waals surface area contributed by atoms with Crippen LogP contribution in [0.15, 0.2) is 24.3 Å². The molecule has 1 atom stereocenters. The normalized spacial score (nSPS) is 12.2.